The number of aromatic nitrogens is 1. The summed E-state index contributed by atoms with van der Waals surface area (Å²) in [7, 11) is 0. The lowest BCUT2D eigenvalue weighted by atomic mass is 9.99. The van der Waals surface area contributed by atoms with Gasteiger partial charge in [0.1, 0.15) is 0 Å². The molecule has 0 aliphatic heterocycles. The van der Waals surface area contributed by atoms with Gasteiger partial charge in [-0.3, -0.25) is 0 Å². The molecule has 1 aromatic heterocycles. The molecule has 0 aromatic carbocycles. The van der Waals surface area contributed by atoms with Crippen LogP contribution >= 0.6 is 11.3 Å². The fourth-order valence-corrected chi connectivity index (χ4v) is 2.34. The standard InChI is InChI=1S/C8H12FN3S/c9-8(4-10,5-1-2-5)6-3-12-7(11)13-6/h3,5H,1-2,4,10H2,(H2,11,12). The predicted molar refractivity (Wildman–Crippen MR) is 51.1 cm³/mol. The van der Waals surface area contributed by atoms with Gasteiger partial charge in [-0.25, -0.2) is 9.37 Å². The topological polar surface area (TPSA) is 64.9 Å². The quantitative estimate of drug-likeness (QED) is 0.773. The third-order valence-electron chi connectivity index (χ3n) is 2.45. The van der Waals surface area contributed by atoms with E-state index < -0.39 is 5.67 Å². The summed E-state index contributed by atoms with van der Waals surface area (Å²) < 4.78 is 14.2. The molecule has 0 radical (unpaired) electrons. The minimum Gasteiger partial charge on any atom is -0.375 e. The lowest BCUT2D eigenvalue weighted by Gasteiger charge is -2.20. The maximum absolute atomic E-state index is 14.2. The van der Waals surface area contributed by atoms with E-state index in [2.05, 4.69) is 4.98 Å². The summed E-state index contributed by atoms with van der Waals surface area (Å²) in [6.45, 7) is 0.0271. The third-order valence-corrected chi connectivity index (χ3v) is 3.43. The number of anilines is 1. The number of halogens is 1. The van der Waals surface area contributed by atoms with Crippen molar-refractivity contribution in [3.8, 4) is 0 Å². The highest BCUT2D eigenvalue weighted by atomic mass is 32.1. The summed E-state index contributed by atoms with van der Waals surface area (Å²) in [6, 6.07) is 0. The SMILES string of the molecule is NCC(F)(c1cnc(N)s1)C1CC1. The van der Waals surface area contributed by atoms with Crippen LogP contribution in [0.1, 0.15) is 17.7 Å². The molecule has 1 aromatic rings. The second-order valence-electron chi connectivity index (χ2n) is 3.40. The molecule has 1 aliphatic carbocycles. The molecule has 1 unspecified atom stereocenters. The van der Waals surface area contributed by atoms with Crippen LogP contribution in [0.25, 0.3) is 0 Å². The number of nitrogens with zero attached hydrogens (tertiary/aromatic N) is 1. The third kappa shape index (κ3) is 1.42. The van der Waals surface area contributed by atoms with Gasteiger partial charge in [-0.2, -0.15) is 0 Å². The van der Waals surface area contributed by atoms with Crippen molar-refractivity contribution < 1.29 is 4.39 Å². The van der Waals surface area contributed by atoms with E-state index in [0.29, 0.717) is 10.0 Å². The van der Waals surface area contributed by atoms with Gasteiger partial charge in [0, 0.05) is 12.7 Å². The summed E-state index contributed by atoms with van der Waals surface area (Å²) in [5, 5.41) is 0.408. The van der Waals surface area contributed by atoms with Gasteiger partial charge >= 0.3 is 0 Å². The molecule has 2 rings (SSSR count). The van der Waals surface area contributed by atoms with Crippen LogP contribution in [-0.2, 0) is 5.67 Å². The Morgan fingerprint density at radius 2 is 2.38 bits per heavy atom. The van der Waals surface area contributed by atoms with Gasteiger partial charge in [0.15, 0.2) is 10.8 Å². The Balaban J connectivity index is 2.29. The number of nitrogen functional groups attached to an aromatic ring is 1. The van der Waals surface area contributed by atoms with Crippen molar-refractivity contribution >= 4 is 16.5 Å². The molecule has 5 heteroatoms. The number of alkyl halides is 1. The first-order valence-corrected chi connectivity index (χ1v) is 5.09. The molecule has 1 heterocycles. The summed E-state index contributed by atoms with van der Waals surface area (Å²) in [4.78, 5) is 4.42. The van der Waals surface area contributed by atoms with Gasteiger partial charge in [0.05, 0.1) is 4.88 Å². The molecule has 72 valence electrons. The van der Waals surface area contributed by atoms with E-state index in [0.717, 1.165) is 12.8 Å². The summed E-state index contributed by atoms with van der Waals surface area (Å²) in [5.41, 5.74) is 9.52. The molecule has 1 aliphatic rings. The fourth-order valence-electron chi connectivity index (χ4n) is 1.49. The molecule has 0 amide bonds. The monoisotopic (exact) mass is 201 g/mol. The molecule has 3 nitrogen and oxygen atoms in total. The van der Waals surface area contributed by atoms with E-state index in [9.17, 15) is 4.39 Å². The molecular formula is C8H12FN3S. The van der Waals surface area contributed by atoms with Crippen LogP contribution in [-0.4, -0.2) is 11.5 Å². The second-order valence-corrected chi connectivity index (χ2v) is 4.47. The van der Waals surface area contributed by atoms with Gasteiger partial charge in [-0.05, 0) is 18.8 Å². The summed E-state index contributed by atoms with van der Waals surface area (Å²) in [6.07, 6.45) is 3.35. The number of hydrogen-bond acceptors (Lipinski definition) is 4. The molecule has 1 fully saturated rings. The van der Waals surface area contributed by atoms with E-state index in [-0.39, 0.29) is 12.5 Å². The molecule has 13 heavy (non-hydrogen) atoms. The van der Waals surface area contributed by atoms with Crippen molar-refractivity contribution in [1.29, 1.82) is 0 Å². The van der Waals surface area contributed by atoms with Gasteiger partial charge in [0.2, 0.25) is 0 Å². The molecule has 1 saturated carbocycles. The van der Waals surface area contributed by atoms with E-state index >= 15 is 0 Å². The predicted octanol–water partition coefficient (Wildman–Crippen LogP) is 1.26. The highest BCUT2D eigenvalue weighted by Gasteiger charge is 2.47. The van der Waals surface area contributed by atoms with Crippen molar-refractivity contribution in [2.75, 3.05) is 12.3 Å². The molecule has 0 bridgehead atoms. The van der Waals surface area contributed by atoms with Gasteiger partial charge in [0.25, 0.3) is 0 Å². The van der Waals surface area contributed by atoms with E-state index in [1.807, 2.05) is 0 Å². The zero-order valence-electron chi connectivity index (χ0n) is 7.16. The van der Waals surface area contributed by atoms with Crippen molar-refractivity contribution in [1.82, 2.24) is 4.98 Å². The van der Waals surface area contributed by atoms with Crippen LogP contribution in [0.5, 0.6) is 0 Å². The number of thiazole rings is 1. The first-order valence-electron chi connectivity index (χ1n) is 4.27. The van der Waals surface area contributed by atoms with Crippen molar-refractivity contribution in [2.24, 2.45) is 11.7 Å². The van der Waals surface area contributed by atoms with Crippen LogP contribution < -0.4 is 11.5 Å². The summed E-state index contributed by atoms with van der Waals surface area (Å²) in [5.74, 6) is 0.0809. The maximum atomic E-state index is 14.2. The lowest BCUT2D eigenvalue weighted by Crippen LogP contribution is -2.31. The average Bonchev–Trinajstić information content (AvgIpc) is 2.89. The average molecular weight is 201 g/mol. The molecule has 1 atom stereocenters. The Hall–Kier alpha value is -0.680. The lowest BCUT2D eigenvalue weighted by molar-refractivity contribution is 0.147. The fraction of sp³-hybridized carbons (Fsp3) is 0.625. The minimum absolute atomic E-state index is 0.0271. The van der Waals surface area contributed by atoms with E-state index in [1.165, 1.54) is 17.5 Å². The van der Waals surface area contributed by atoms with Crippen molar-refractivity contribution in [2.45, 2.75) is 18.5 Å². The Morgan fingerprint density at radius 1 is 1.69 bits per heavy atom. The Kier molecular flexibility index (Phi) is 2.00. The normalized spacial score (nSPS) is 21.4. The maximum Gasteiger partial charge on any atom is 0.180 e. The first kappa shape index (κ1) is 8.90. The smallest absolute Gasteiger partial charge is 0.180 e. The van der Waals surface area contributed by atoms with E-state index in [1.54, 1.807) is 0 Å². The van der Waals surface area contributed by atoms with Gasteiger partial charge in [-0.1, -0.05) is 11.3 Å². The van der Waals surface area contributed by atoms with Crippen LogP contribution in [0, 0.1) is 5.92 Å². The van der Waals surface area contributed by atoms with Crippen molar-refractivity contribution in [3.63, 3.8) is 0 Å². The number of hydrogen-bond donors (Lipinski definition) is 2. The highest BCUT2D eigenvalue weighted by Crippen LogP contribution is 2.49. The van der Waals surface area contributed by atoms with Crippen LogP contribution in [0.2, 0.25) is 0 Å². The van der Waals surface area contributed by atoms with Gasteiger partial charge in [-0.15, -0.1) is 0 Å². The highest BCUT2D eigenvalue weighted by molar-refractivity contribution is 7.15. The Morgan fingerprint density at radius 3 is 2.77 bits per heavy atom. The van der Waals surface area contributed by atoms with Crippen LogP contribution in [0.15, 0.2) is 6.20 Å². The molecular weight excluding hydrogens is 189 g/mol. The van der Waals surface area contributed by atoms with Crippen LogP contribution in [0.4, 0.5) is 9.52 Å². The van der Waals surface area contributed by atoms with Crippen molar-refractivity contribution in [3.05, 3.63) is 11.1 Å². The minimum atomic E-state index is -1.38. The summed E-state index contributed by atoms with van der Waals surface area (Å²) >= 11 is 1.20. The first-order chi connectivity index (χ1) is 6.16. The zero-order chi connectivity index (χ0) is 9.47. The van der Waals surface area contributed by atoms with Crippen LogP contribution in [0.3, 0.4) is 0 Å². The Labute approximate surface area is 80.0 Å². The zero-order valence-corrected chi connectivity index (χ0v) is 7.98. The number of nitrogens with two attached hydrogens (primary N) is 2. The molecule has 0 spiro atoms. The van der Waals surface area contributed by atoms with Gasteiger partial charge < -0.3 is 11.5 Å². The number of rotatable bonds is 3. The second kappa shape index (κ2) is 2.92. The van der Waals surface area contributed by atoms with E-state index in [4.69, 9.17) is 11.5 Å². The molecule has 0 saturated heterocycles. The molecule has 4 N–H and O–H groups in total. The largest absolute Gasteiger partial charge is 0.375 e. The Bertz CT molecular complexity index is 310.